The van der Waals surface area contributed by atoms with Gasteiger partial charge in [-0.3, -0.25) is 9.69 Å². The van der Waals surface area contributed by atoms with E-state index in [2.05, 4.69) is 10.3 Å². The molecule has 32 heavy (non-hydrogen) atoms. The lowest BCUT2D eigenvalue weighted by Crippen LogP contribution is -2.49. The fourth-order valence-electron chi connectivity index (χ4n) is 3.45. The molecule has 1 fully saturated rings. The van der Waals surface area contributed by atoms with Crippen LogP contribution in [0.15, 0.2) is 47.8 Å². The fourth-order valence-corrected chi connectivity index (χ4v) is 4.76. The molecule has 0 bridgehead atoms. The normalized spacial score (nSPS) is 14.4. The lowest BCUT2D eigenvalue weighted by molar-refractivity contribution is -0.135. The molecular formula is C23H23Cl2N3O3S. The summed E-state index contributed by atoms with van der Waals surface area (Å²) in [6, 6.07) is 12.9. The van der Waals surface area contributed by atoms with Crippen molar-refractivity contribution in [3.8, 4) is 22.8 Å². The van der Waals surface area contributed by atoms with Crippen LogP contribution in [0.25, 0.3) is 11.3 Å². The number of carbonyl (C=O) groups excluding carboxylic acids is 1. The zero-order chi connectivity index (χ0) is 22.5. The van der Waals surface area contributed by atoms with Gasteiger partial charge >= 0.3 is 0 Å². The molecule has 0 radical (unpaired) electrons. The molecule has 3 aromatic rings. The SMILES string of the molecule is COc1ccc(-c2csc(CN3CCN(C(=O)COc4ccc(Cl)cc4Cl)CC3)n2)cc1. The first-order valence-electron chi connectivity index (χ1n) is 10.2. The van der Waals surface area contributed by atoms with Crippen molar-refractivity contribution in [2.75, 3.05) is 39.9 Å². The van der Waals surface area contributed by atoms with Crippen molar-refractivity contribution in [2.24, 2.45) is 0 Å². The molecule has 1 aromatic heterocycles. The van der Waals surface area contributed by atoms with Gasteiger partial charge in [-0.2, -0.15) is 0 Å². The first-order chi connectivity index (χ1) is 15.5. The minimum Gasteiger partial charge on any atom is -0.497 e. The van der Waals surface area contributed by atoms with Gasteiger partial charge in [0, 0.05) is 42.1 Å². The van der Waals surface area contributed by atoms with Gasteiger partial charge in [-0.15, -0.1) is 11.3 Å². The Morgan fingerprint density at radius 3 is 2.53 bits per heavy atom. The lowest BCUT2D eigenvalue weighted by Gasteiger charge is -2.34. The van der Waals surface area contributed by atoms with Crippen molar-refractivity contribution in [3.05, 3.63) is 62.9 Å². The second kappa shape index (κ2) is 10.5. The Hall–Kier alpha value is -2.32. The van der Waals surface area contributed by atoms with E-state index in [0.29, 0.717) is 28.9 Å². The van der Waals surface area contributed by atoms with E-state index in [4.69, 9.17) is 37.7 Å². The number of methoxy groups -OCH3 is 1. The number of hydrogen-bond donors (Lipinski definition) is 0. The van der Waals surface area contributed by atoms with Crippen LogP contribution in [0.1, 0.15) is 5.01 Å². The molecule has 1 saturated heterocycles. The van der Waals surface area contributed by atoms with Crippen molar-refractivity contribution in [2.45, 2.75) is 6.54 Å². The molecule has 0 spiro atoms. The Labute approximate surface area is 201 Å². The highest BCUT2D eigenvalue weighted by Crippen LogP contribution is 2.28. The van der Waals surface area contributed by atoms with Crippen LogP contribution >= 0.6 is 34.5 Å². The number of piperazine rings is 1. The molecule has 2 heterocycles. The summed E-state index contributed by atoms with van der Waals surface area (Å²) < 4.78 is 10.8. The number of ether oxygens (including phenoxy) is 2. The van der Waals surface area contributed by atoms with Crippen molar-refractivity contribution in [3.63, 3.8) is 0 Å². The van der Waals surface area contributed by atoms with Crippen LogP contribution in [-0.2, 0) is 11.3 Å². The van der Waals surface area contributed by atoms with Crippen molar-refractivity contribution in [1.29, 1.82) is 0 Å². The number of carbonyl (C=O) groups is 1. The second-order valence-corrected chi connectivity index (χ2v) is 9.16. The number of amides is 1. The molecule has 1 aliphatic heterocycles. The molecule has 1 aliphatic rings. The maximum atomic E-state index is 12.5. The van der Waals surface area contributed by atoms with Crippen LogP contribution < -0.4 is 9.47 Å². The highest BCUT2D eigenvalue weighted by atomic mass is 35.5. The first-order valence-corrected chi connectivity index (χ1v) is 11.8. The molecule has 4 rings (SSSR count). The van der Waals surface area contributed by atoms with Gasteiger partial charge in [0.05, 0.1) is 24.4 Å². The van der Waals surface area contributed by atoms with E-state index in [0.717, 1.165) is 41.6 Å². The number of aromatic nitrogens is 1. The van der Waals surface area contributed by atoms with Gasteiger partial charge < -0.3 is 14.4 Å². The van der Waals surface area contributed by atoms with Gasteiger partial charge in [0.15, 0.2) is 6.61 Å². The van der Waals surface area contributed by atoms with Crippen LogP contribution in [0.4, 0.5) is 0 Å². The minimum absolute atomic E-state index is 0.0426. The highest BCUT2D eigenvalue weighted by Gasteiger charge is 2.22. The zero-order valence-electron chi connectivity index (χ0n) is 17.6. The fraction of sp³-hybridized carbons (Fsp3) is 0.304. The summed E-state index contributed by atoms with van der Waals surface area (Å²) in [5.74, 6) is 1.24. The third-order valence-electron chi connectivity index (χ3n) is 5.27. The van der Waals surface area contributed by atoms with Crippen molar-refractivity contribution in [1.82, 2.24) is 14.8 Å². The molecule has 0 atom stereocenters. The average molecular weight is 492 g/mol. The number of halogens is 2. The molecule has 0 N–H and O–H groups in total. The Morgan fingerprint density at radius 1 is 1.09 bits per heavy atom. The first kappa shape index (κ1) is 22.9. The topological polar surface area (TPSA) is 54.9 Å². The van der Waals surface area contributed by atoms with Crippen LogP contribution in [0.5, 0.6) is 11.5 Å². The molecule has 0 aliphatic carbocycles. The van der Waals surface area contributed by atoms with Gasteiger partial charge in [0.2, 0.25) is 0 Å². The van der Waals surface area contributed by atoms with Crippen LogP contribution in [0, 0.1) is 0 Å². The number of hydrogen-bond acceptors (Lipinski definition) is 6. The summed E-state index contributed by atoms with van der Waals surface area (Å²) in [5, 5.41) is 4.07. The summed E-state index contributed by atoms with van der Waals surface area (Å²) in [7, 11) is 1.66. The average Bonchev–Trinajstić information content (AvgIpc) is 3.27. The quantitative estimate of drug-likeness (QED) is 0.472. The molecular weight excluding hydrogens is 469 g/mol. The van der Waals surface area contributed by atoms with Gasteiger partial charge in [0.1, 0.15) is 16.5 Å². The Kier molecular flexibility index (Phi) is 7.52. The van der Waals surface area contributed by atoms with E-state index in [1.165, 1.54) is 0 Å². The Bertz CT molecular complexity index is 1070. The van der Waals surface area contributed by atoms with E-state index >= 15 is 0 Å². The number of nitrogens with zero attached hydrogens (tertiary/aromatic N) is 3. The van der Waals surface area contributed by atoms with Gasteiger partial charge in [-0.25, -0.2) is 4.98 Å². The maximum absolute atomic E-state index is 12.5. The smallest absolute Gasteiger partial charge is 0.260 e. The molecule has 6 nitrogen and oxygen atoms in total. The third kappa shape index (κ3) is 5.72. The highest BCUT2D eigenvalue weighted by molar-refractivity contribution is 7.09. The lowest BCUT2D eigenvalue weighted by atomic mass is 10.2. The van der Waals surface area contributed by atoms with E-state index in [-0.39, 0.29) is 12.5 Å². The number of benzene rings is 2. The van der Waals surface area contributed by atoms with Crippen LogP contribution in [-0.4, -0.2) is 60.6 Å². The molecule has 0 saturated carbocycles. The van der Waals surface area contributed by atoms with Gasteiger partial charge in [0.25, 0.3) is 5.91 Å². The van der Waals surface area contributed by atoms with E-state index < -0.39 is 0 Å². The van der Waals surface area contributed by atoms with E-state index in [1.807, 2.05) is 29.2 Å². The summed E-state index contributed by atoms with van der Waals surface area (Å²) in [6.45, 7) is 3.65. The molecule has 2 aromatic carbocycles. The molecule has 9 heteroatoms. The third-order valence-corrected chi connectivity index (χ3v) is 6.63. The summed E-state index contributed by atoms with van der Waals surface area (Å²) in [4.78, 5) is 21.4. The number of thiazole rings is 1. The van der Waals surface area contributed by atoms with Gasteiger partial charge in [-0.1, -0.05) is 23.2 Å². The predicted octanol–water partition coefficient (Wildman–Crippen LogP) is 4.85. The van der Waals surface area contributed by atoms with Gasteiger partial charge in [-0.05, 0) is 42.5 Å². The van der Waals surface area contributed by atoms with Crippen LogP contribution in [0.2, 0.25) is 10.0 Å². The van der Waals surface area contributed by atoms with Crippen LogP contribution in [0.3, 0.4) is 0 Å². The number of rotatable bonds is 7. The zero-order valence-corrected chi connectivity index (χ0v) is 19.9. The molecule has 168 valence electrons. The summed E-state index contributed by atoms with van der Waals surface area (Å²) in [6.07, 6.45) is 0. The largest absolute Gasteiger partial charge is 0.497 e. The van der Waals surface area contributed by atoms with E-state index in [9.17, 15) is 4.79 Å². The predicted molar refractivity (Wildman–Crippen MR) is 128 cm³/mol. The molecule has 0 unspecified atom stereocenters. The van der Waals surface area contributed by atoms with Crippen molar-refractivity contribution < 1.29 is 14.3 Å². The standard InChI is InChI=1S/C23H23Cl2N3O3S/c1-30-18-5-2-16(3-6-18)20-15-32-22(26-20)13-27-8-10-28(11-9-27)23(29)14-31-21-7-4-17(24)12-19(21)25/h2-7,12,15H,8-11,13-14H2,1H3. The summed E-state index contributed by atoms with van der Waals surface area (Å²) in [5.41, 5.74) is 2.05. The monoisotopic (exact) mass is 491 g/mol. The minimum atomic E-state index is -0.0493. The van der Waals surface area contributed by atoms with E-state index in [1.54, 1.807) is 36.6 Å². The Morgan fingerprint density at radius 2 is 1.84 bits per heavy atom. The molecule has 1 amide bonds. The maximum Gasteiger partial charge on any atom is 0.260 e. The summed E-state index contributed by atoms with van der Waals surface area (Å²) >= 11 is 13.6. The second-order valence-electron chi connectivity index (χ2n) is 7.38. The Balaban J connectivity index is 1.25. The van der Waals surface area contributed by atoms with Crippen molar-refractivity contribution >= 4 is 40.4 Å².